The van der Waals surface area contributed by atoms with Crippen LogP contribution in [0, 0.1) is 0 Å². The van der Waals surface area contributed by atoms with Crippen LogP contribution in [-0.2, 0) is 9.59 Å². The molecular weight excluding hydrogens is 356 g/mol. The maximum atomic E-state index is 12.0. The second-order valence-electron chi connectivity index (χ2n) is 9.07. The average Bonchev–Trinajstić information content (AvgIpc) is 2.72. The maximum Gasteiger partial charge on any atom is 0.132 e. The summed E-state index contributed by atoms with van der Waals surface area (Å²) in [5.41, 5.74) is 0. The molecule has 0 aliphatic rings. The van der Waals surface area contributed by atoms with E-state index in [1.54, 1.807) is 0 Å². The molecule has 0 fully saturated rings. The monoisotopic (exact) mass is 408 g/mol. The number of hydrogen-bond donors (Lipinski definition) is 0. The van der Waals surface area contributed by atoms with Crippen LogP contribution in [0.1, 0.15) is 161 Å². The number of carbonyl (C=O) groups is 2. The first-order chi connectivity index (χ1) is 14.3. The molecule has 0 atom stereocenters. The molecule has 0 N–H and O–H groups in total. The zero-order chi connectivity index (χ0) is 21.3. The first-order valence-electron chi connectivity index (χ1n) is 13.3. The lowest BCUT2D eigenvalue weighted by atomic mass is 10.0. The van der Waals surface area contributed by atoms with E-state index in [0.29, 0.717) is 5.78 Å². The van der Waals surface area contributed by atoms with Crippen LogP contribution in [0.3, 0.4) is 0 Å². The van der Waals surface area contributed by atoms with E-state index in [-0.39, 0.29) is 0 Å². The molecule has 0 aliphatic carbocycles. The Kier molecular flexibility index (Phi) is 24.8. The Morgan fingerprint density at radius 1 is 0.483 bits per heavy atom. The predicted molar refractivity (Wildman–Crippen MR) is 128 cm³/mol. The fraction of sp³-hybridized carbons (Fsp3) is 0.926. The fourth-order valence-electron chi connectivity index (χ4n) is 4.08. The Hall–Kier alpha value is -0.660. The molecule has 0 bridgehead atoms. The van der Waals surface area contributed by atoms with E-state index >= 15 is 0 Å². The molecule has 0 aromatic rings. The summed E-state index contributed by atoms with van der Waals surface area (Å²) < 4.78 is 0. The van der Waals surface area contributed by atoms with Crippen molar-refractivity contribution in [2.75, 3.05) is 0 Å². The zero-order valence-corrected chi connectivity index (χ0v) is 19.9. The number of ketones is 1. The summed E-state index contributed by atoms with van der Waals surface area (Å²) in [5.74, 6) is 0.488. The Balaban J connectivity index is 3.14. The highest BCUT2D eigenvalue weighted by atomic mass is 16.1. The van der Waals surface area contributed by atoms with Crippen molar-refractivity contribution in [3.63, 3.8) is 0 Å². The van der Waals surface area contributed by atoms with Crippen molar-refractivity contribution in [1.29, 1.82) is 0 Å². The Labute approximate surface area is 183 Å². The van der Waals surface area contributed by atoms with Gasteiger partial charge in [-0.1, -0.05) is 122 Å². The van der Waals surface area contributed by atoms with E-state index in [1.807, 2.05) is 0 Å². The van der Waals surface area contributed by atoms with Crippen LogP contribution in [0.4, 0.5) is 0 Å². The van der Waals surface area contributed by atoms with E-state index in [4.69, 9.17) is 0 Å². The fourth-order valence-corrected chi connectivity index (χ4v) is 4.08. The Morgan fingerprint density at radius 2 is 0.793 bits per heavy atom. The molecule has 0 amide bonds. The number of hydrogen-bond acceptors (Lipinski definition) is 2. The van der Waals surface area contributed by atoms with Gasteiger partial charge in [-0.2, -0.15) is 0 Å². The van der Waals surface area contributed by atoms with Crippen LogP contribution in [0.25, 0.3) is 0 Å². The van der Waals surface area contributed by atoms with Crippen molar-refractivity contribution in [2.45, 2.75) is 161 Å². The molecule has 2 heteroatoms. The summed E-state index contributed by atoms with van der Waals surface area (Å²) in [6, 6.07) is 0. The quantitative estimate of drug-likeness (QED) is 0.111. The Bertz CT molecular complexity index is 337. The zero-order valence-electron chi connectivity index (χ0n) is 19.9. The van der Waals surface area contributed by atoms with Gasteiger partial charge in [0.1, 0.15) is 12.1 Å². The average molecular weight is 409 g/mol. The van der Waals surface area contributed by atoms with E-state index < -0.39 is 0 Å². The van der Waals surface area contributed by atoms with E-state index in [0.717, 1.165) is 44.8 Å². The van der Waals surface area contributed by atoms with Gasteiger partial charge in [-0.3, -0.25) is 4.79 Å². The van der Waals surface area contributed by atoms with Gasteiger partial charge in [0, 0.05) is 19.3 Å². The third-order valence-corrected chi connectivity index (χ3v) is 6.09. The molecule has 0 aromatic heterocycles. The highest BCUT2D eigenvalue weighted by molar-refractivity contribution is 5.78. The number of unbranched alkanes of at least 4 members (excludes halogenated alkanes) is 20. The molecule has 0 aliphatic heterocycles. The van der Waals surface area contributed by atoms with Crippen LogP contribution < -0.4 is 0 Å². The highest BCUT2D eigenvalue weighted by Gasteiger charge is 2.02. The molecule has 0 rings (SSSR count). The second-order valence-corrected chi connectivity index (χ2v) is 9.07. The largest absolute Gasteiger partial charge is 0.303 e. The molecule has 0 heterocycles. The van der Waals surface area contributed by atoms with Gasteiger partial charge in [0.2, 0.25) is 0 Å². The van der Waals surface area contributed by atoms with Crippen molar-refractivity contribution >= 4 is 12.1 Å². The SMILES string of the molecule is CCCCCCCCCCCCCCCC(=O)CCCCCCCCCCC=O. The Morgan fingerprint density at radius 3 is 1.14 bits per heavy atom. The first kappa shape index (κ1) is 28.3. The standard InChI is InChI=1S/C27H52O2/c1-2-3-4-5-6-7-8-9-10-12-15-18-21-24-27(29)25-22-19-16-13-11-14-17-20-23-26-28/h26H,2-25H2,1H3. The summed E-state index contributed by atoms with van der Waals surface area (Å²) in [6.45, 7) is 2.28. The van der Waals surface area contributed by atoms with Crippen molar-refractivity contribution < 1.29 is 9.59 Å². The van der Waals surface area contributed by atoms with Crippen LogP contribution in [0.2, 0.25) is 0 Å². The van der Waals surface area contributed by atoms with Gasteiger partial charge in [-0.05, 0) is 19.3 Å². The first-order valence-corrected chi connectivity index (χ1v) is 13.3. The second kappa shape index (κ2) is 25.4. The highest BCUT2D eigenvalue weighted by Crippen LogP contribution is 2.14. The van der Waals surface area contributed by atoms with Gasteiger partial charge in [0.05, 0.1) is 0 Å². The third-order valence-electron chi connectivity index (χ3n) is 6.09. The minimum absolute atomic E-state index is 0.488. The number of aldehydes is 1. The van der Waals surface area contributed by atoms with Gasteiger partial charge < -0.3 is 4.79 Å². The van der Waals surface area contributed by atoms with Crippen molar-refractivity contribution in [3.05, 3.63) is 0 Å². The van der Waals surface area contributed by atoms with Crippen molar-refractivity contribution in [3.8, 4) is 0 Å². The smallest absolute Gasteiger partial charge is 0.132 e. The number of Topliss-reactive ketones (excluding diaryl/α,β-unsaturated/α-hetero) is 1. The van der Waals surface area contributed by atoms with Gasteiger partial charge in [0.25, 0.3) is 0 Å². The lowest BCUT2D eigenvalue weighted by Crippen LogP contribution is -1.97. The summed E-state index contributed by atoms with van der Waals surface area (Å²) in [5, 5.41) is 0. The minimum Gasteiger partial charge on any atom is -0.303 e. The molecular formula is C27H52O2. The molecule has 2 nitrogen and oxygen atoms in total. The molecule has 0 radical (unpaired) electrons. The number of rotatable bonds is 25. The van der Waals surface area contributed by atoms with Gasteiger partial charge in [0.15, 0.2) is 0 Å². The van der Waals surface area contributed by atoms with Crippen LogP contribution in [0.15, 0.2) is 0 Å². The molecule has 172 valence electrons. The molecule has 0 saturated heterocycles. The molecule has 29 heavy (non-hydrogen) atoms. The van der Waals surface area contributed by atoms with Crippen LogP contribution >= 0.6 is 0 Å². The summed E-state index contributed by atoms with van der Waals surface area (Å²) in [7, 11) is 0. The minimum atomic E-state index is 0.488. The van der Waals surface area contributed by atoms with Crippen LogP contribution in [0.5, 0.6) is 0 Å². The molecule has 0 spiro atoms. The molecule has 0 unspecified atom stereocenters. The summed E-state index contributed by atoms with van der Waals surface area (Å²) >= 11 is 0. The van der Waals surface area contributed by atoms with E-state index in [9.17, 15) is 9.59 Å². The van der Waals surface area contributed by atoms with Gasteiger partial charge in [-0.15, -0.1) is 0 Å². The summed E-state index contributed by atoms with van der Waals surface area (Å²) in [6.07, 6.45) is 30.7. The lowest BCUT2D eigenvalue weighted by Gasteiger charge is -2.04. The predicted octanol–water partition coefficient (Wildman–Crippen LogP) is 9.14. The normalized spacial score (nSPS) is 11.1. The van der Waals surface area contributed by atoms with Crippen LogP contribution in [-0.4, -0.2) is 12.1 Å². The van der Waals surface area contributed by atoms with Crippen molar-refractivity contribution in [2.24, 2.45) is 0 Å². The molecule has 0 aromatic carbocycles. The third kappa shape index (κ3) is 25.3. The van der Waals surface area contributed by atoms with Gasteiger partial charge in [-0.25, -0.2) is 0 Å². The van der Waals surface area contributed by atoms with Gasteiger partial charge >= 0.3 is 0 Å². The maximum absolute atomic E-state index is 12.0. The number of carbonyl (C=O) groups excluding carboxylic acids is 2. The van der Waals surface area contributed by atoms with E-state index in [2.05, 4.69) is 6.92 Å². The molecule has 0 saturated carbocycles. The summed E-state index contributed by atoms with van der Waals surface area (Å²) in [4.78, 5) is 22.2. The van der Waals surface area contributed by atoms with Crippen molar-refractivity contribution in [1.82, 2.24) is 0 Å². The lowest BCUT2D eigenvalue weighted by molar-refractivity contribution is -0.119. The van der Waals surface area contributed by atoms with E-state index in [1.165, 1.54) is 116 Å². The topological polar surface area (TPSA) is 34.1 Å².